The summed E-state index contributed by atoms with van der Waals surface area (Å²) in [6.07, 6.45) is 1.37. The van der Waals surface area contributed by atoms with Gasteiger partial charge in [-0.05, 0) is 23.6 Å². The van der Waals surface area contributed by atoms with E-state index in [0.717, 1.165) is 10.8 Å². The van der Waals surface area contributed by atoms with Crippen molar-refractivity contribution < 1.29 is 9.53 Å². The molecule has 25 heavy (non-hydrogen) atoms. The van der Waals surface area contributed by atoms with Crippen molar-refractivity contribution in [3.63, 3.8) is 0 Å². The van der Waals surface area contributed by atoms with Crippen LogP contribution < -0.4 is 10.3 Å². The van der Waals surface area contributed by atoms with Crippen LogP contribution in [0.4, 0.5) is 0 Å². The average Bonchev–Trinajstić information content (AvgIpc) is 2.65. The number of carbonyl (C=O) groups is 1. The molecule has 1 aromatic heterocycles. The van der Waals surface area contributed by atoms with Crippen LogP contribution in [0.5, 0.6) is 5.75 Å². The minimum Gasteiger partial charge on any atom is -0.425 e. The summed E-state index contributed by atoms with van der Waals surface area (Å²) in [6.45, 7) is -0.195. The highest BCUT2D eigenvalue weighted by Gasteiger charge is 2.11. The summed E-state index contributed by atoms with van der Waals surface area (Å²) in [5.74, 6) is -0.0413. The molecule has 0 bridgehead atoms. The van der Waals surface area contributed by atoms with Crippen LogP contribution in [0.25, 0.3) is 21.7 Å². The highest BCUT2D eigenvalue weighted by atomic mass is 16.5. The molecule has 0 N–H and O–H groups in total. The van der Waals surface area contributed by atoms with Crippen LogP contribution in [0.2, 0.25) is 0 Å². The van der Waals surface area contributed by atoms with Crippen LogP contribution in [0, 0.1) is 0 Å². The molecule has 0 atom stereocenters. The Morgan fingerprint density at radius 1 is 0.920 bits per heavy atom. The van der Waals surface area contributed by atoms with Gasteiger partial charge in [0, 0.05) is 5.39 Å². The zero-order valence-corrected chi connectivity index (χ0v) is 13.3. The first kappa shape index (κ1) is 15.1. The molecule has 122 valence electrons. The van der Waals surface area contributed by atoms with E-state index < -0.39 is 5.97 Å². The van der Waals surface area contributed by atoms with Crippen LogP contribution >= 0.6 is 0 Å². The lowest BCUT2D eigenvalue weighted by Crippen LogP contribution is -2.26. The molecule has 0 saturated heterocycles. The zero-order valence-electron chi connectivity index (χ0n) is 13.3. The predicted octanol–water partition coefficient (Wildman–Crippen LogP) is 3.16. The third-order valence-electron chi connectivity index (χ3n) is 4.00. The van der Waals surface area contributed by atoms with E-state index in [1.54, 1.807) is 24.3 Å². The van der Waals surface area contributed by atoms with E-state index in [0.29, 0.717) is 16.7 Å². The standard InChI is InChI=1S/C20H14N2O3/c23-19(25-18-11-5-7-14-6-1-2-8-15(14)18)12-22-13-21-17-10-4-3-9-16(17)20(22)24/h1-11,13H,12H2. The first-order valence-corrected chi connectivity index (χ1v) is 7.85. The molecule has 0 radical (unpaired) electrons. The van der Waals surface area contributed by atoms with Crippen molar-refractivity contribution in [2.45, 2.75) is 6.54 Å². The summed E-state index contributed by atoms with van der Waals surface area (Å²) in [5.41, 5.74) is 0.339. The van der Waals surface area contributed by atoms with Crippen molar-refractivity contribution in [1.29, 1.82) is 0 Å². The molecule has 3 aromatic carbocycles. The number of hydrogen-bond donors (Lipinski definition) is 0. The lowest BCUT2D eigenvalue weighted by Gasteiger charge is -2.09. The van der Waals surface area contributed by atoms with Gasteiger partial charge in [0.1, 0.15) is 12.3 Å². The molecular weight excluding hydrogens is 316 g/mol. The van der Waals surface area contributed by atoms with Crippen LogP contribution in [0.3, 0.4) is 0 Å². The van der Waals surface area contributed by atoms with Gasteiger partial charge in [0.15, 0.2) is 0 Å². The molecule has 0 aliphatic heterocycles. The van der Waals surface area contributed by atoms with Gasteiger partial charge in [-0.15, -0.1) is 0 Å². The minimum atomic E-state index is -0.518. The van der Waals surface area contributed by atoms with Crippen LogP contribution in [-0.4, -0.2) is 15.5 Å². The average molecular weight is 330 g/mol. The Balaban J connectivity index is 1.62. The molecule has 0 unspecified atom stereocenters. The highest BCUT2D eigenvalue weighted by molar-refractivity contribution is 5.90. The van der Waals surface area contributed by atoms with Crippen molar-refractivity contribution in [1.82, 2.24) is 9.55 Å². The number of esters is 1. The van der Waals surface area contributed by atoms with Crippen LogP contribution in [0.1, 0.15) is 0 Å². The fourth-order valence-corrected chi connectivity index (χ4v) is 2.80. The summed E-state index contributed by atoms with van der Waals surface area (Å²) in [7, 11) is 0. The van der Waals surface area contributed by atoms with E-state index in [2.05, 4.69) is 4.98 Å². The zero-order chi connectivity index (χ0) is 17.2. The number of ether oxygens (including phenoxy) is 1. The van der Waals surface area contributed by atoms with E-state index >= 15 is 0 Å². The van der Waals surface area contributed by atoms with E-state index in [4.69, 9.17) is 4.74 Å². The molecule has 0 fully saturated rings. The number of aromatic nitrogens is 2. The molecule has 5 nitrogen and oxygen atoms in total. The van der Waals surface area contributed by atoms with Gasteiger partial charge in [-0.2, -0.15) is 0 Å². The maximum Gasteiger partial charge on any atom is 0.331 e. The van der Waals surface area contributed by atoms with Crippen molar-refractivity contribution >= 4 is 27.6 Å². The minimum absolute atomic E-state index is 0.195. The normalized spacial score (nSPS) is 10.9. The van der Waals surface area contributed by atoms with Gasteiger partial charge in [-0.1, -0.05) is 48.5 Å². The number of nitrogens with zero attached hydrogens (tertiary/aromatic N) is 2. The second-order valence-electron chi connectivity index (χ2n) is 5.65. The summed E-state index contributed by atoms with van der Waals surface area (Å²) in [4.78, 5) is 29.0. The Morgan fingerprint density at radius 2 is 1.64 bits per heavy atom. The lowest BCUT2D eigenvalue weighted by atomic mass is 10.1. The monoisotopic (exact) mass is 330 g/mol. The number of hydrogen-bond acceptors (Lipinski definition) is 4. The van der Waals surface area contributed by atoms with Crippen LogP contribution in [-0.2, 0) is 11.3 Å². The fraction of sp³-hybridized carbons (Fsp3) is 0.0500. The number of fused-ring (bicyclic) bond motifs is 2. The molecule has 0 aliphatic carbocycles. The summed E-state index contributed by atoms with van der Waals surface area (Å²) >= 11 is 0. The molecule has 4 rings (SSSR count). The van der Waals surface area contributed by atoms with Crippen molar-refractivity contribution in [2.75, 3.05) is 0 Å². The van der Waals surface area contributed by atoms with Crippen molar-refractivity contribution in [3.8, 4) is 5.75 Å². The number of carbonyl (C=O) groups excluding carboxylic acids is 1. The molecule has 0 saturated carbocycles. The first-order chi connectivity index (χ1) is 12.2. The third-order valence-corrected chi connectivity index (χ3v) is 4.00. The summed E-state index contributed by atoms with van der Waals surface area (Å²) in [6, 6.07) is 20.2. The van der Waals surface area contributed by atoms with Gasteiger partial charge >= 0.3 is 5.97 Å². The SMILES string of the molecule is O=C(Cn1cnc2ccccc2c1=O)Oc1cccc2ccccc12. The fourth-order valence-electron chi connectivity index (χ4n) is 2.80. The Morgan fingerprint density at radius 3 is 2.52 bits per heavy atom. The number of benzene rings is 3. The van der Waals surface area contributed by atoms with Crippen LogP contribution in [0.15, 0.2) is 77.9 Å². The molecule has 0 aliphatic rings. The van der Waals surface area contributed by atoms with Gasteiger partial charge in [-0.3, -0.25) is 9.36 Å². The largest absolute Gasteiger partial charge is 0.425 e. The first-order valence-electron chi connectivity index (χ1n) is 7.85. The van der Waals surface area contributed by atoms with Gasteiger partial charge in [0.25, 0.3) is 5.56 Å². The maximum atomic E-state index is 12.4. The summed E-state index contributed by atoms with van der Waals surface area (Å²) < 4.78 is 6.73. The molecule has 1 heterocycles. The molecule has 5 heteroatoms. The molecular formula is C20H14N2O3. The van der Waals surface area contributed by atoms with Gasteiger partial charge in [-0.25, -0.2) is 9.78 Å². The highest BCUT2D eigenvalue weighted by Crippen LogP contribution is 2.25. The van der Waals surface area contributed by atoms with E-state index in [1.165, 1.54) is 10.9 Å². The molecule has 4 aromatic rings. The quantitative estimate of drug-likeness (QED) is 0.428. The topological polar surface area (TPSA) is 61.2 Å². The lowest BCUT2D eigenvalue weighted by molar-refractivity contribution is -0.135. The Hall–Kier alpha value is -3.47. The number of rotatable bonds is 3. The Labute approximate surface area is 143 Å². The van der Waals surface area contributed by atoms with E-state index in [9.17, 15) is 9.59 Å². The Bertz CT molecular complexity index is 1140. The maximum absolute atomic E-state index is 12.4. The second-order valence-corrected chi connectivity index (χ2v) is 5.65. The van der Waals surface area contributed by atoms with Gasteiger partial charge in [0.05, 0.1) is 17.2 Å². The Kier molecular flexibility index (Phi) is 3.74. The summed E-state index contributed by atoms with van der Waals surface area (Å²) in [5, 5.41) is 2.31. The third kappa shape index (κ3) is 2.87. The smallest absolute Gasteiger partial charge is 0.331 e. The molecule has 0 amide bonds. The molecule has 0 spiro atoms. The van der Waals surface area contributed by atoms with Crippen molar-refractivity contribution in [2.24, 2.45) is 0 Å². The predicted molar refractivity (Wildman–Crippen MR) is 95.6 cm³/mol. The number of para-hydroxylation sites is 1. The second kappa shape index (κ2) is 6.20. The van der Waals surface area contributed by atoms with Gasteiger partial charge < -0.3 is 4.74 Å². The van der Waals surface area contributed by atoms with E-state index in [1.807, 2.05) is 42.5 Å². The van der Waals surface area contributed by atoms with E-state index in [-0.39, 0.29) is 12.1 Å². The van der Waals surface area contributed by atoms with Gasteiger partial charge in [0.2, 0.25) is 0 Å². The van der Waals surface area contributed by atoms with Crippen molar-refractivity contribution in [3.05, 3.63) is 83.4 Å².